The molecular formula is C16H23NO3. The maximum absolute atomic E-state index is 12.3. The lowest BCUT2D eigenvalue weighted by atomic mass is 9.78. The van der Waals surface area contributed by atoms with Gasteiger partial charge in [-0.25, -0.2) is 0 Å². The van der Waals surface area contributed by atoms with Gasteiger partial charge in [-0.3, -0.25) is 9.69 Å². The Balaban J connectivity index is 1.75. The lowest BCUT2D eigenvalue weighted by Gasteiger charge is -2.29. The smallest absolute Gasteiger partial charge is 0.324 e. The molecule has 3 fully saturated rings. The van der Waals surface area contributed by atoms with Crippen molar-refractivity contribution < 1.29 is 14.3 Å². The van der Waals surface area contributed by atoms with E-state index in [-0.39, 0.29) is 35.2 Å². The van der Waals surface area contributed by atoms with Crippen LogP contribution in [0.2, 0.25) is 0 Å². The summed E-state index contributed by atoms with van der Waals surface area (Å²) in [7, 11) is 3.95. The van der Waals surface area contributed by atoms with Gasteiger partial charge in [0.05, 0.1) is 5.60 Å². The minimum Gasteiger partial charge on any atom is -0.460 e. The second-order valence-electron chi connectivity index (χ2n) is 7.36. The summed E-state index contributed by atoms with van der Waals surface area (Å²) in [5.74, 6) is 0.507. The number of likely N-dealkylation sites (N-methyl/N-ethyl adjacent to an activating group) is 1. The van der Waals surface area contributed by atoms with Crippen LogP contribution in [-0.2, 0) is 14.3 Å². The van der Waals surface area contributed by atoms with E-state index in [1.54, 1.807) is 0 Å². The molecule has 4 heteroatoms. The molecule has 0 amide bonds. The van der Waals surface area contributed by atoms with Crippen molar-refractivity contribution in [2.45, 2.75) is 56.5 Å². The molecule has 4 nitrogen and oxygen atoms in total. The van der Waals surface area contributed by atoms with Crippen LogP contribution in [0.4, 0.5) is 0 Å². The van der Waals surface area contributed by atoms with E-state index in [1.807, 2.05) is 19.0 Å². The third-order valence-electron chi connectivity index (χ3n) is 6.14. The number of esters is 1. The summed E-state index contributed by atoms with van der Waals surface area (Å²) >= 11 is 0. The summed E-state index contributed by atoms with van der Waals surface area (Å²) in [6.45, 7) is 4.40. The molecule has 0 N–H and O–H groups in total. The van der Waals surface area contributed by atoms with Gasteiger partial charge < -0.3 is 9.47 Å². The van der Waals surface area contributed by atoms with Gasteiger partial charge in [0.25, 0.3) is 0 Å². The first kappa shape index (κ1) is 12.8. The average Bonchev–Trinajstić information content (AvgIpc) is 2.64. The molecule has 4 aliphatic rings. The number of hydrogen-bond acceptors (Lipinski definition) is 4. The molecule has 6 atom stereocenters. The molecule has 0 radical (unpaired) electrons. The van der Waals surface area contributed by atoms with Crippen LogP contribution >= 0.6 is 0 Å². The Morgan fingerprint density at radius 2 is 2.15 bits per heavy atom. The van der Waals surface area contributed by atoms with Crippen molar-refractivity contribution in [3.05, 3.63) is 11.6 Å². The Kier molecular flexibility index (Phi) is 2.35. The Bertz CT molecular complexity index is 514. The highest BCUT2D eigenvalue weighted by molar-refractivity contribution is 5.79. The molecule has 1 unspecified atom stereocenters. The highest BCUT2D eigenvalue weighted by Crippen LogP contribution is 2.66. The summed E-state index contributed by atoms with van der Waals surface area (Å²) in [6.07, 6.45) is 5.31. The number of carbonyl (C=O) groups is 1. The zero-order chi connectivity index (χ0) is 14.3. The standard InChI is InChI=1S/C16H23NO3/c1-9-5-8-16-11(9)13-10(6-7-15(16,2)20-16)12(17(3)4)14(18)19-13/h5,10-13H,6-8H2,1-4H3/t10-,11+,12?,13-,15-,16+/m0/s1. The van der Waals surface area contributed by atoms with Gasteiger partial charge >= 0.3 is 5.97 Å². The minimum atomic E-state index is -0.0912. The third kappa shape index (κ3) is 1.32. The van der Waals surface area contributed by atoms with Crippen LogP contribution in [0.1, 0.15) is 33.1 Å². The molecule has 0 aromatic heterocycles. The molecule has 2 aliphatic carbocycles. The predicted molar refractivity (Wildman–Crippen MR) is 74.2 cm³/mol. The molecule has 20 heavy (non-hydrogen) atoms. The molecule has 4 rings (SSSR count). The van der Waals surface area contributed by atoms with Gasteiger partial charge in [-0.05, 0) is 47.2 Å². The van der Waals surface area contributed by atoms with E-state index in [2.05, 4.69) is 19.9 Å². The number of fused-ring (bicyclic) bond motifs is 2. The molecule has 1 spiro atoms. The number of carbonyl (C=O) groups excluding carboxylic acids is 1. The normalized spacial score (nSPS) is 52.9. The first-order valence-corrected chi connectivity index (χ1v) is 7.63. The second-order valence-corrected chi connectivity index (χ2v) is 7.36. The molecule has 2 heterocycles. The predicted octanol–water partition coefficient (Wildman–Crippen LogP) is 1.75. The van der Waals surface area contributed by atoms with E-state index in [9.17, 15) is 4.79 Å². The van der Waals surface area contributed by atoms with Crippen LogP contribution in [-0.4, -0.2) is 48.3 Å². The number of epoxide rings is 1. The van der Waals surface area contributed by atoms with Crippen molar-refractivity contribution in [1.82, 2.24) is 4.90 Å². The molecule has 110 valence electrons. The quantitative estimate of drug-likeness (QED) is 0.416. The van der Waals surface area contributed by atoms with E-state index in [1.165, 1.54) is 5.57 Å². The molecular weight excluding hydrogens is 254 g/mol. The zero-order valence-electron chi connectivity index (χ0n) is 12.7. The lowest BCUT2D eigenvalue weighted by Crippen LogP contribution is -2.41. The van der Waals surface area contributed by atoms with E-state index >= 15 is 0 Å². The first-order chi connectivity index (χ1) is 9.40. The van der Waals surface area contributed by atoms with E-state index < -0.39 is 0 Å². The van der Waals surface area contributed by atoms with Gasteiger partial charge in [-0.1, -0.05) is 11.6 Å². The molecule has 1 saturated carbocycles. The van der Waals surface area contributed by atoms with Crippen LogP contribution in [0.5, 0.6) is 0 Å². The van der Waals surface area contributed by atoms with Crippen LogP contribution in [0.3, 0.4) is 0 Å². The monoisotopic (exact) mass is 277 g/mol. The second kappa shape index (κ2) is 3.66. The van der Waals surface area contributed by atoms with Gasteiger partial charge in [0.1, 0.15) is 17.7 Å². The summed E-state index contributed by atoms with van der Waals surface area (Å²) in [5.41, 5.74) is 1.25. The fourth-order valence-electron chi connectivity index (χ4n) is 5.07. The van der Waals surface area contributed by atoms with Gasteiger partial charge in [0.2, 0.25) is 0 Å². The van der Waals surface area contributed by atoms with Crippen molar-refractivity contribution >= 4 is 5.97 Å². The summed E-state index contributed by atoms with van der Waals surface area (Å²) in [6, 6.07) is -0.0912. The maximum atomic E-state index is 12.3. The number of nitrogens with zero attached hydrogens (tertiary/aromatic N) is 1. The van der Waals surface area contributed by atoms with Crippen LogP contribution in [0.25, 0.3) is 0 Å². The van der Waals surface area contributed by atoms with E-state index in [0.29, 0.717) is 5.92 Å². The molecule has 2 aliphatic heterocycles. The molecule has 0 bridgehead atoms. The summed E-state index contributed by atoms with van der Waals surface area (Å²) in [5, 5.41) is 0. The van der Waals surface area contributed by atoms with Crippen LogP contribution < -0.4 is 0 Å². The van der Waals surface area contributed by atoms with Gasteiger partial charge in [-0.2, -0.15) is 0 Å². The van der Waals surface area contributed by atoms with Crippen molar-refractivity contribution in [1.29, 1.82) is 0 Å². The van der Waals surface area contributed by atoms with Crippen molar-refractivity contribution in [3.63, 3.8) is 0 Å². The van der Waals surface area contributed by atoms with Gasteiger partial charge in [0, 0.05) is 11.8 Å². The van der Waals surface area contributed by atoms with Crippen LogP contribution in [0, 0.1) is 11.8 Å². The molecule has 0 aromatic carbocycles. The number of hydrogen-bond donors (Lipinski definition) is 0. The Hall–Kier alpha value is -0.870. The fourth-order valence-corrected chi connectivity index (χ4v) is 5.07. The third-order valence-corrected chi connectivity index (χ3v) is 6.14. The average molecular weight is 277 g/mol. The Morgan fingerprint density at radius 1 is 1.40 bits per heavy atom. The zero-order valence-corrected chi connectivity index (χ0v) is 12.7. The SMILES string of the molecule is CC1=CC[C@]23O[C@@]2(C)CC[C@H]2C(N(C)C)C(=O)O[C@@H]2[C@@H]13. The minimum absolute atomic E-state index is 0.00188. The maximum Gasteiger partial charge on any atom is 0.324 e. The number of rotatable bonds is 1. The molecule has 2 saturated heterocycles. The first-order valence-electron chi connectivity index (χ1n) is 7.63. The van der Waals surface area contributed by atoms with Gasteiger partial charge in [0.15, 0.2) is 0 Å². The van der Waals surface area contributed by atoms with Crippen molar-refractivity contribution in [2.75, 3.05) is 14.1 Å². The van der Waals surface area contributed by atoms with Crippen molar-refractivity contribution in [2.24, 2.45) is 11.8 Å². The topological polar surface area (TPSA) is 42.1 Å². The summed E-state index contributed by atoms with van der Waals surface area (Å²) in [4.78, 5) is 14.3. The Morgan fingerprint density at radius 3 is 2.85 bits per heavy atom. The Labute approximate surface area is 120 Å². The van der Waals surface area contributed by atoms with Crippen LogP contribution in [0.15, 0.2) is 11.6 Å². The van der Waals surface area contributed by atoms with E-state index in [4.69, 9.17) is 9.47 Å². The number of ether oxygens (including phenoxy) is 2. The largest absolute Gasteiger partial charge is 0.460 e. The van der Waals surface area contributed by atoms with Crippen molar-refractivity contribution in [3.8, 4) is 0 Å². The highest BCUT2D eigenvalue weighted by Gasteiger charge is 2.76. The lowest BCUT2D eigenvalue weighted by molar-refractivity contribution is -0.146. The molecule has 0 aromatic rings. The van der Waals surface area contributed by atoms with Gasteiger partial charge in [-0.15, -0.1) is 0 Å². The summed E-state index contributed by atoms with van der Waals surface area (Å²) < 4.78 is 12.0. The fraction of sp³-hybridized carbons (Fsp3) is 0.812. The van der Waals surface area contributed by atoms with E-state index in [0.717, 1.165) is 19.3 Å². The highest BCUT2D eigenvalue weighted by atomic mass is 16.6.